The van der Waals surface area contributed by atoms with Crippen LogP contribution in [0.5, 0.6) is 0 Å². The van der Waals surface area contributed by atoms with Crippen molar-refractivity contribution >= 4 is 11.8 Å². The first-order chi connectivity index (χ1) is 11.2. The fourth-order valence-electron chi connectivity index (χ4n) is 6.36. The molecule has 132 valence electrons. The van der Waals surface area contributed by atoms with Gasteiger partial charge in [-0.2, -0.15) is 11.8 Å². The van der Waals surface area contributed by atoms with Crippen molar-refractivity contribution in [1.82, 2.24) is 0 Å². The Morgan fingerprint density at radius 1 is 1.04 bits per heavy atom. The predicted octanol–water partition coefficient (Wildman–Crippen LogP) is 1.60. The number of quaternary nitrogens is 1. The van der Waals surface area contributed by atoms with Crippen LogP contribution < -0.4 is 4.90 Å². The van der Waals surface area contributed by atoms with Crippen molar-refractivity contribution in [3.63, 3.8) is 0 Å². The summed E-state index contributed by atoms with van der Waals surface area (Å²) in [5.74, 6) is 5.59. The van der Waals surface area contributed by atoms with Crippen LogP contribution in [0.4, 0.5) is 0 Å². The number of thioether (sulfide) groups is 1. The van der Waals surface area contributed by atoms with Crippen molar-refractivity contribution in [3.05, 3.63) is 0 Å². The van der Waals surface area contributed by atoms with Crippen molar-refractivity contribution in [2.75, 3.05) is 44.4 Å². The maximum atomic E-state index is 10.2. The second kappa shape index (κ2) is 7.23. The molecule has 0 unspecified atom stereocenters. The van der Waals surface area contributed by atoms with Gasteiger partial charge in [-0.15, -0.1) is 0 Å². The summed E-state index contributed by atoms with van der Waals surface area (Å²) in [5.41, 5.74) is 0.620. The highest BCUT2D eigenvalue weighted by molar-refractivity contribution is 7.99. The van der Waals surface area contributed by atoms with E-state index in [0.717, 1.165) is 30.9 Å². The zero-order valence-electron chi connectivity index (χ0n) is 14.5. The van der Waals surface area contributed by atoms with E-state index < -0.39 is 0 Å². The summed E-state index contributed by atoms with van der Waals surface area (Å²) in [7, 11) is 0. The second-order valence-corrected chi connectivity index (χ2v) is 10.2. The topological polar surface area (TPSA) is 33.9 Å². The molecule has 5 rings (SSSR count). The third kappa shape index (κ3) is 4.08. The monoisotopic (exact) mass is 340 g/mol. The van der Waals surface area contributed by atoms with Gasteiger partial charge in [0.25, 0.3) is 0 Å². The quantitative estimate of drug-likeness (QED) is 0.691. The molecule has 4 aliphatic carbocycles. The highest BCUT2D eigenvalue weighted by Gasteiger charge is 2.50. The molecule has 0 aromatic heterocycles. The van der Waals surface area contributed by atoms with Crippen LogP contribution in [0.1, 0.15) is 44.9 Å². The van der Waals surface area contributed by atoms with Crippen LogP contribution in [0, 0.1) is 23.2 Å². The van der Waals surface area contributed by atoms with E-state index in [1.54, 1.807) is 4.90 Å². The minimum atomic E-state index is -0.274. The van der Waals surface area contributed by atoms with Gasteiger partial charge in [0.05, 0.1) is 19.7 Å². The van der Waals surface area contributed by atoms with E-state index in [4.69, 9.17) is 4.74 Å². The van der Waals surface area contributed by atoms with Gasteiger partial charge in [0.2, 0.25) is 0 Å². The summed E-state index contributed by atoms with van der Waals surface area (Å²) in [5, 5.41) is 10.2. The van der Waals surface area contributed by atoms with Crippen LogP contribution in [-0.2, 0) is 4.74 Å². The summed E-state index contributed by atoms with van der Waals surface area (Å²) in [6, 6.07) is 0. The molecule has 5 aliphatic rings. The standard InChI is InChI=1S/C19H33NO2S/c21-18(13-20-2-5-23-6-3-20)14-22-4-1-19-10-15-7-16(11-19)9-17(8-15)12-19/h15-18,21H,1-14H2/p+1/t15?,16?,17?,18-,19?/m0/s1. The number of nitrogens with one attached hydrogen (secondary N) is 1. The molecule has 0 radical (unpaired) electrons. The number of aliphatic hydroxyl groups excluding tert-OH is 1. The van der Waals surface area contributed by atoms with E-state index in [0.29, 0.717) is 12.0 Å². The maximum Gasteiger partial charge on any atom is 0.126 e. The summed E-state index contributed by atoms with van der Waals surface area (Å²) in [6.07, 6.45) is 9.96. The molecule has 23 heavy (non-hydrogen) atoms. The zero-order valence-corrected chi connectivity index (χ0v) is 15.3. The summed E-state index contributed by atoms with van der Waals surface area (Å²) >= 11 is 2.04. The van der Waals surface area contributed by atoms with E-state index in [1.807, 2.05) is 11.8 Å². The normalized spacial score (nSPS) is 41.3. The SMILES string of the molecule is O[C@H](COCCC12CC3CC(CC(C3)C1)C2)C[NH+]1CCSCC1. The first-order valence-corrected chi connectivity index (χ1v) is 11.0. The van der Waals surface area contributed by atoms with Crippen LogP contribution in [0.25, 0.3) is 0 Å². The highest BCUT2D eigenvalue weighted by Crippen LogP contribution is 2.61. The molecule has 1 aliphatic heterocycles. The summed E-state index contributed by atoms with van der Waals surface area (Å²) in [6.45, 7) is 4.69. The molecule has 4 bridgehead atoms. The number of rotatable bonds is 7. The molecule has 3 nitrogen and oxygen atoms in total. The Labute approximate surface area is 145 Å². The van der Waals surface area contributed by atoms with Gasteiger partial charge in [-0.3, -0.25) is 0 Å². The van der Waals surface area contributed by atoms with E-state index in [9.17, 15) is 5.11 Å². The molecule has 0 aromatic carbocycles. The van der Waals surface area contributed by atoms with Crippen molar-refractivity contribution in [2.24, 2.45) is 23.2 Å². The largest absolute Gasteiger partial charge is 0.385 e. The smallest absolute Gasteiger partial charge is 0.126 e. The lowest BCUT2D eigenvalue weighted by atomic mass is 9.49. The number of aliphatic hydroxyl groups is 1. The second-order valence-electron chi connectivity index (χ2n) is 8.96. The van der Waals surface area contributed by atoms with Gasteiger partial charge in [0.1, 0.15) is 12.6 Å². The fourth-order valence-corrected chi connectivity index (χ4v) is 7.43. The molecule has 0 amide bonds. The Kier molecular flexibility index (Phi) is 5.24. The molecule has 5 fully saturated rings. The Bertz CT molecular complexity index is 362. The maximum absolute atomic E-state index is 10.2. The molecule has 4 heteroatoms. The fraction of sp³-hybridized carbons (Fsp3) is 1.00. The van der Waals surface area contributed by atoms with Crippen molar-refractivity contribution < 1.29 is 14.7 Å². The van der Waals surface area contributed by atoms with Crippen LogP contribution >= 0.6 is 11.8 Å². The molecule has 4 saturated carbocycles. The van der Waals surface area contributed by atoms with Gasteiger partial charge < -0.3 is 14.7 Å². The third-order valence-electron chi connectivity index (χ3n) is 6.98. The van der Waals surface area contributed by atoms with Gasteiger partial charge in [-0.25, -0.2) is 0 Å². The number of hydrogen-bond donors (Lipinski definition) is 2. The van der Waals surface area contributed by atoms with Gasteiger partial charge >= 0.3 is 0 Å². The Balaban J connectivity index is 1.16. The average Bonchev–Trinajstić information content (AvgIpc) is 2.51. The predicted molar refractivity (Wildman–Crippen MR) is 94.9 cm³/mol. The molecule has 1 saturated heterocycles. The van der Waals surface area contributed by atoms with E-state index in [1.165, 1.54) is 69.5 Å². The number of ether oxygens (including phenoxy) is 1. The van der Waals surface area contributed by atoms with E-state index >= 15 is 0 Å². The van der Waals surface area contributed by atoms with Crippen LogP contribution in [-0.4, -0.2) is 55.6 Å². The molecular weight excluding hydrogens is 306 g/mol. The van der Waals surface area contributed by atoms with Gasteiger partial charge in [-0.1, -0.05) is 0 Å². The molecular formula is C19H34NO2S+. The summed E-state index contributed by atoms with van der Waals surface area (Å²) < 4.78 is 5.91. The molecule has 2 N–H and O–H groups in total. The first kappa shape index (κ1) is 16.7. The van der Waals surface area contributed by atoms with Crippen molar-refractivity contribution in [2.45, 2.75) is 51.0 Å². The Hall–Kier alpha value is 0.230. The number of hydrogen-bond acceptors (Lipinski definition) is 3. The lowest BCUT2D eigenvalue weighted by Gasteiger charge is -2.57. The highest BCUT2D eigenvalue weighted by atomic mass is 32.2. The summed E-state index contributed by atoms with van der Waals surface area (Å²) in [4.78, 5) is 1.56. The average molecular weight is 341 g/mol. The van der Waals surface area contributed by atoms with Gasteiger partial charge in [0, 0.05) is 18.1 Å². The molecule has 0 aromatic rings. The zero-order chi connectivity index (χ0) is 15.7. The Morgan fingerprint density at radius 2 is 1.65 bits per heavy atom. The Morgan fingerprint density at radius 3 is 2.26 bits per heavy atom. The van der Waals surface area contributed by atoms with Crippen molar-refractivity contribution in [1.29, 1.82) is 0 Å². The van der Waals surface area contributed by atoms with Crippen LogP contribution in [0.2, 0.25) is 0 Å². The first-order valence-electron chi connectivity index (χ1n) is 9.88. The lowest BCUT2D eigenvalue weighted by molar-refractivity contribution is -0.899. The minimum Gasteiger partial charge on any atom is -0.385 e. The van der Waals surface area contributed by atoms with E-state index in [2.05, 4.69) is 0 Å². The van der Waals surface area contributed by atoms with Gasteiger partial charge in [-0.05, 0) is 68.1 Å². The van der Waals surface area contributed by atoms with Crippen LogP contribution in [0.3, 0.4) is 0 Å². The van der Waals surface area contributed by atoms with Crippen LogP contribution in [0.15, 0.2) is 0 Å². The van der Waals surface area contributed by atoms with Crippen molar-refractivity contribution in [3.8, 4) is 0 Å². The van der Waals surface area contributed by atoms with Gasteiger partial charge in [0.15, 0.2) is 0 Å². The third-order valence-corrected chi connectivity index (χ3v) is 7.96. The molecule has 1 atom stereocenters. The minimum absolute atomic E-state index is 0.274. The lowest BCUT2D eigenvalue weighted by Crippen LogP contribution is -3.14. The van der Waals surface area contributed by atoms with E-state index in [-0.39, 0.29) is 6.10 Å². The molecule has 1 heterocycles. The molecule has 0 spiro atoms.